The van der Waals surface area contributed by atoms with Crippen LogP contribution < -0.4 is 0 Å². The number of rotatable bonds is 5. The zero-order chi connectivity index (χ0) is 16.1. The summed E-state index contributed by atoms with van der Waals surface area (Å²) in [5.74, 6) is 0. The van der Waals surface area contributed by atoms with Gasteiger partial charge in [-0.2, -0.15) is 0 Å². The molecule has 0 saturated heterocycles. The summed E-state index contributed by atoms with van der Waals surface area (Å²) in [4.78, 5) is 0. The predicted octanol–water partition coefficient (Wildman–Crippen LogP) is 5.49. The van der Waals surface area contributed by atoms with Gasteiger partial charge < -0.3 is 5.11 Å². The minimum atomic E-state index is -0.755. The number of hydrogen-bond donors (Lipinski definition) is 1. The topological polar surface area (TPSA) is 20.2 Å². The van der Waals surface area contributed by atoms with Crippen LogP contribution in [-0.4, -0.2) is 10.7 Å². The molecule has 0 aromatic heterocycles. The minimum Gasteiger partial charge on any atom is -0.386 e. The van der Waals surface area contributed by atoms with Crippen molar-refractivity contribution in [1.82, 2.24) is 0 Å². The summed E-state index contributed by atoms with van der Waals surface area (Å²) in [6.45, 7) is 12.7. The molecule has 21 heavy (non-hydrogen) atoms. The van der Waals surface area contributed by atoms with E-state index in [-0.39, 0.29) is 5.41 Å². The average molecular weight is 286 g/mol. The molecule has 0 aliphatic carbocycles. The molecule has 1 N–H and O–H groups in total. The van der Waals surface area contributed by atoms with Gasteiger partial charge in [0.15, 0.2) is 0 Å². The van der Waals surface area contributed by atoms with Crippen molar-refractivity contribution in [2.45, 2.75) is 65.4 Å². The van der Waals surface area contributed by atoms with Crippen molar-refractivity contribution in [1.29, 1.82) is 0 Å². The first-order valence-electron chi connectivity index (χ1n) is 7.76. The first kappa shape index (κ1) is 17.7. The van der Waals surface area contributed by atoms with E-state index >= 15 is 0 Å². The molecule has 1 atom stereocenters. The van der Waals surface area contributed by atoms with Crippen LogP contribution in [0.4, 0.5) is 0 Å². The second kappa shape index (κ2) is 7.09. The smallest absolute Gasteiger partial charge is 0.0805 e. The van der Waals surface area contributed by atoms with Crippen LogP contribution in [0.3, 0.4) is 0 Å². The fourth-order valence-corrected chi connectivity index (χ4v) is 2.11. The lowest BCUT2D eigenvalue weighted by Gasteiger charge is -2.19. The van der Waals surface area contributed by atoms with E-state index in [1.54, 1.807) is 0 Å². The Balaban J connectivity index is 2.69. The van der Waals surface area contributed by atoms with E-state index in [1.807, 2.05) is 19.1 Å². The third-order valence-electron chi connectivity index (χ3n) is 3.61. The van der Waals surface area contributed by atoms with Crippen LogP contribution in [0.25, 0.3) is 6.08 Å². The summed E-state index contributed by atoms with van der Waals surface area (Å²) in [7, 11) is 0. The molecule has 0 aliphatic heterocycles. The van der Waals surface area contributed by atoms with E-state index in [1.165, 1.54) is 11.1 Å². The highest BCUT2D eigenvalue weighted by atomic mass is 16.3. The molecule has 1 heteroatoms. The standard InChI is InChI=1S/C20H30O/c1-16(2)8-7-14-20(6,21)15-13-17-9-11-18(12-10-17)19(3,4)5/h8-13,15,21H,7,14H2,1-6H3/b15-13+. The third kappa shape index (κ3) is 6.77. The summed E-state index contributed by atoms with van der Waals surface area (Å²) in [6, 6.07) is 8.56. The van der Waals surface area contributed by atoms with Crippen molar-refractivity contribution in [3.63, 3.8) is 0 Å². The van der Waals surface area contributed by atoms with Crippen LogP contribution in [0, 0.1) is 0 Å². The Morgan fingerprint density at radius 1 is 1.05 bits per heavy atom. The molecule has 0 bridgehead atoms. The van der Waals surface area contributed by atoms with E-state index in [4.69, 9.17) is 0 Å². The lowest BCUT2D eigenvalue weighted by Crippen LogP contribution is -2.19. The first-order chi connectivity index (χ1) is 9.60. The zero-order valence-corrected chi connectivity index (χ0v) is 14.4. The SMILES string of the molecule is CC(C)=CCCC(C)(O)/C=C/c1ccc(C(C)(C)C)cc1. The van der Waals surface area contributed by atoms with Crippen LogP contribution in [-0.2, 0) is 5.41 Å². The van der Waals surface area contributed by atoms with Crippen LogP contribution in [0.1, 0.15) is 65.5 Å². The predicted molar refractivity (Wildman–Crippen MR) is 93.5 cm³/mol. The van der Waals surface area contributed by atoms with E-state index in [0.717, 1.165) is 18.4 Å². The van der Waals surface area contributed by atoms with E-state index in [2.05, 4.69) is 65.0 Å². The molecule has 0 saturated carbocycles. The Labute approximate surface area is 130 Å². The second-order valence-corrected chi connectivity index (χ2v) is 7.38. The van der Waals surface area contributed by atoms with Gasteiger partial charge in [0.25, 0.3) is 0 Å². The quantitative estimate of drug-likeness (QED) is 0.709. The fraction of sp³-hybridized carbons (Fsp3) is 0.500. The van der Waals surface area contributed by atoms with E-state index < -0.39 is 5.60 Å². The lowest BCUT2D eigenvalue weighted by atomic mass is 9.86. The van der Waals surface area contributed by atoms with Gasteiger partial charge in [0.2, 0.25) is 0 Å². The molecule has 1 nitrogen and oxygen atoms in total. The average Bonchev–Trinajstić information content (AvgIpc) is 2.35. The van der Waals surface area contributed by atoms with Crippen molar-refractivity contribution < 1.29 is 5.11 Å². The lowest BCUT2D eigenvalue weighted by molar-refractivity contribution is 0.104. The molecule has 0 heterocycles. The Kier molecular flexibility index (Phi) is 5.98. The molecule has 0 fully saturated rings. The maximum atomic E-state index is 10.4. The Bertz CT molecular complexity index is 492. The Hall–Kier alpha value is -1.34. The van der Waals surface area contributed by atoms with E-state index in [9.17, 15) is 5.11 Å². The number of hydrogen-bond acceptors (Lipinski definition) is 1. The van der Waals surface area contributed by atoms with Gasteiger partial charge in [0.1, 0.15) is 0 Å². The third-order valence-corrected chi connectivity index (χ3v) is 3.61. The fourth-order valence-electron chi connectivity index (χ4n) is 2.11. The number of allylic oxidation sites excluding steroid dienone is 2. The van der Waals surface area contributed by atoms with Crippen molar-refractivity contribution >= 4 is 6.08 Å². The van der Waals surface area contributed by atoms with E-state index in [0.29, 0.717) is 0 Å². The van der Waals surface area contributed by atoms with Crippen LogP contribution in [0.2, 0.25) is 0 Å². The number of aliphatic hydroxyl groups is 1. The molecule has 0 radical (unpaired) electrons. The van der Waals surface area contributed by atoms with Crippen molar-refractivity contribution in [2.24, 2.45) is 0 Å². The van der Waals surface area contributed by atoms with Crippen LogP contribution in [0.5, 0.6) is 0 Å². The highest BCUT2D eigenvalue weighted by Crippen LogP contribution is 2.23. The van der Waals surface area contributed by atoms with Gasteiger partial charge in [-0.15, -0.1) is 0 Å². The summed E-state index contributed by atoms with van der Waals surface area (Å²) in [5.41, 5.74) is 3.18. The number of benzene rings is 1. The molecule has 116 valence electrons. The summed E-state index contributed by atoms with van der Waals surface area (Å²) in [6.07, 6.45) is 7.73. The molecular weight excluding hydrogens is 256 g/mol. The van der Waals surface area contributed by atoms with Gasteiger partial charge in [-0.1, -0.05) is 68.8 Å². The van der Waals surface area contributed by atoms with Crippen LogP contribution >= 0.6 is 0 Å². The largest absolute Gasteiger partial charge is 0.386 e. The van der Waals surface area contributed by atoms with Crippen molar-refractivity contribution in [2.75, 3.05) is 0 Å². The summed E-state index contributed by atoms with van der Waals surface area (Å²) >= 11 is 0. The molecule has 1 aromatic carbocycles. The van der Waals surface area contributed by atoms with Crippen molar-refractivity contribution in [3.8, 4) is 0 Å². The normalized spacial score (nSPS) is 15.0. The molecule has 0 aliphatic rings. The van der Waals surface area contributed by atoms with Gasteiger partial charge in [-0.05, 0) is 50.2 Å². The maximum Gasteiger partial charge on any atom is 0.0805 e. The molecular formula is C20H30O. The molecule has 0 spiro atoms. The minimum absolute atomic E-state index is 0.179. The highest BCUT2D eigenvalue weighted by molar-refractivity contribution is 5.51. The van der Waals surface area contributed by atoms with Gasteiger partial charge in [0.05, 0.1) is 5.60 Å². The van der Waals surface area contributed by atoms with Gasteiger partial charge in [0, 0.05) is 0 Å². The van der Waals surface area contributed by atoms with Crippen LogP contribution in [0.15, 0.2) is 42.0 Å². The Morgan fingerprint density at radius 3 is 2.10 bits per heavy atom. The molecule has 1 aromatic rings. The van der Waals surface area contributed by atoms with Gasteiger partial charge >= 0.3 is 0 Å². The first-order valence-corrected chi connectivity index (χ1v) is 7.76. The zero-order valence-electron chi connectivity index (χ0n) is 14.4. The highest BCUT2D eigenvalue weighted by Gasteiger charge is 2.15. The van der Waals surface area contributed by atoms with Gasteiger partial charge in [-0.25, -0.2) is 0 Å². The Morgan fingerprint density at radius 2 is 1.62 bits per heavy atom. The van der Waals surface area contributed by atoms with Crippen molar-refractivity contribution in [3.05, 3.63) is 53.1 Å². The second-order valence-electron chi connectivity index (χ2n) is 7.38. The molecule has 1 unspecified atom stereocenters. The monoisotopic (exact) mass is 286 g/mol. The molecule has 1 rings (SSSR count). The molecule has 0 amide bonds. The maximum absolute atomic E-state index is 10.4. The summed E-state index contributed by atoms with van der Waals surface area (Å²) in [5, 5.41) is 10.4. The van der Waals surface area contributed by atoms with Gasteiger partial charge in [-0.3, -0.25) is 0 Å². The summed E-state index contributed by atoms with van der Waals surface area (Å²) < 4.78 is 0.